The molecule has 0 heterocycles. The number of hydrogen-bond donors (Lipinski definition) is 0. The third kappa shape index (κ3) is 3.62. The maximum absolute atomic E-state index is 2.63. The second-order valence-electron chi connectivity index (χ2n) is 11.6. The monoisotopic (exact) mass is 415 g/mol. The molecule has 0 bridgehead atoms. The third-order valence-corrected chi connectivity index (χ3v) is 16.8. The van der Waals surface area contributed by atoms with Gasteiger partial charge in [0, 0.05) is 5.41 Å². The summed E-state index contributed by atoms with van der Waals surface area (Å²) in [5.41, 5.74) is 8.63. The van der Waals surface area contributed by atoms with Crippen LogP contribution in [-0.4, -0.2) is 17.0 Å². The van der Waals surface area contributed by atoms with Gasteiger partial charge in [0.25, 0.3) is 0 Å². The minimum atomic E-state index is -1.18. The normalized spacial score (nSPS) is 28.4. The summed E-state index contributed by atoms with van der Waals surface area (Å²) in [7, 11) is -1.18. The fourth-order valence-electron chi connectivity index (χ4n) is 8.32. The van der Waals surface area contributed by atoms with Crippen LogP contribution in [0, 0.1) is 5.41 Å². The van der Waals surface area contributed by atoms with E-state index in [4.69, 9.17) is 0 Å². The molecule has 4 aliphatic rings. The molecule has 0 aromatic heterocycles. The van der Waals surface area contributed by atoms with E-state index in [1.165, 1.54) is 57.8 Å². The van der Waals surface area contributed by atoms with Gasteiger partial charge in [-0.3, -0.25) is 0 Å². The van der Waals surface area contributed by atoms with Crippen molar-refractivity contribution >= 4 is 7.26 Å². The van der Waals surface area contributed by atoms with E-state index in [9.17, 15) is 0 Å². The predicted octanol–water partition coefficient (Wildman–Crippen LogP) is 9.65. The van der Waals surface area contributed by atoms with Crippen LogP contribution in [0.1, 0.15) is 131 Å². The highest BCUT2D eigenvalue weighted by Gasteiger charge is 2.64. The Morgan fingerprint density at radius 1 is 0.552 bits per heavy atom. The van der Waals surface area contributed by atoms with Gasteiger partial charge < -0.3 is 0 Å². The molecule has 0 unspecified atom stereocenters. The summed E-state index contributed by atoms with van der Waals surface area (Å²) < 4.78 is 0. The van der Waals surface area contributed by atoms with Crippen LogP contribution in [0.3, 0.4) is 0 Å². The molecule has 29 heavy (non-hydrogen) atoms. The Kier molecular flexibility index (Phi) is 6.72. The van der Waals surface area contributed by atoms with E-state index in [0.29, 0.717) is 5.41 Å². The zero-order chi connectivity index (χ0) is 20.6. The van der Waals surface area contributed by atoms with Crippen LogP contribution in [0.25, 0.3) is 0 Å². The highest BCUT2D eigenvalue weighted by atomic mass is 31.2. The molecule has 0 aromatic rings. The topological polar surface area (TPSA) is 0 Å². The minimum Gasteiger partial charge on any atom is -0.0566 e. The third-order valence-electron chi connectivity index (χ3n) is 9.93. The van der Waals surface area contributed by atoms with Gasteiger partial charge in [-0.2, -0.15) is 0 Å². The molecule has 0 nitrogen and oxygen atoms in total. The molecule has 0 spiro atoms. The molecular formula is C28H48P+. The first kappa shape index (κ1) is 22.1. The Labute approximate surface area is 182 Å². The van der Waals surface area contributed by atoms with Crippen LogP contribution in [-0.2, 0) is 0 Å². The van der Waals surface area contributed by atoms with Crippen LogP contribution in [0.15, 0.2) is 22.0 Å². The summed E-state index contributed by atoms with van der Waals surface area (Å²) >= 11 is 0. The van der Waals surface area contributed by atoms with Crippen molar-refractivity contribution in [3.8, 4) is 0 Å². The summed E-state index contributed by atoms with van der Waals surface area (Å²) in [4.78, 5) is 0. The average molecular weight is 416 g/mol. The fourth-order valence-corrected chi connectivity index (χ4v) is 16.7. The molecule has 4 rings (SSSR count). The van der Waals surface area contributed by atoms with Crippen molar-refractivity contribution in [2.24, 2.45) is 5.41 Å². The standard InChI is InChI=1S/C28H48P/c1-21-22(2)27(28(4,5)23(21)3)29(24-15-9-6-10-16-24,25-17-11-7-12-18-25)26-19-13-8-14-20-26/h24-26H,6-20H2,1-5H3/q+1. The lowest BCUT2D eigenvalue weighted by atomic mass is 9.87. The van der Waals surface area contributed by atoms with Crippen LogP contribution in [0.4, 0.5) is 0 Å². The Hall–Kier alpha value is -0.0900. The zero-order valence-corrected chi connectivity index (χ0v) is 21.2. The van der Waals surface area contributed by atoms with Crippen LogP contribution >= 0.6 is 7.26 Å². The smallest absolute Gasteiger partial charge is 0.0566 e. The first-order chi connectivity index (χ1) is 13.9. The molecule has 0 N–H and O–H groups in total. The molecule has 0 aliphatic heterocycles. The van der Waals surface area contributed by atoms with Crippen LogP contribution in [0.2, 0.25) is 0 Å². The molecule has 3 fully saturated rings. The Bertz CT molecular complexity index is 600. The lowest BCUT2D eigenvalue weighted by molar-refractivity contribution is 0.446. The number of rotatable bonds is 4. The quantitative estimate of drug-likeness (QED) is 0.401. The van der Waals surface area contributed by atoms with Gasteiger partial charge in [0.15, 0.2) is 0 Å². The van der Waals surface area contributed by atoms with Crippen molar-refractivity contribution in [3.05, 3.63) is 22.0 Å². The number of allylic oxidation sites excluding steroid dienone is 4. The Balaban J connectivity index is 1.91. The van der Waals surface area contributed by atoms with Gasteiger partial charge in [-0.05, 0) is 123 Å². The van der Waals surface area contributed by atoms with E-state index in [2.05, 4.69) is 39.9 Å². The molecule has 164 valence electrons. The van der Waals surface area contributed by atoms with Crippen molar-refractivity contribution in [1.82, 2.24) is 0 Å². The average Bonchev–Trinajstić information content (AvgIpc) is 2.91. The molecule has 4 aliphatic carbocycles. The number of hydrogen-bond acceptors (Lipinski definition) is 0. The van der Waals surface area contributed by atoms with Crippen molar-refractivity contribution in [2.45, 2.75) is 148 Å². The van der Waals surface area contributed by atoms with Gasteiger partial charge in [-0.25, -0.2) is 0 Å². The highest BCUT2D eigenvalue weighted by molar-refractivity contribution is 7.81. The van der Waals surface area contributed by atoms with E-state index in [-0.39, 0.29) is 0 Å². The fraction of sp³-hybridized carbons (Fsp3) is 0.857. The maximum Gasteiger partial charge on any atom is 0.0851 e. The second kappa shape index (κ2) is 8.81. The van der Waals surface area contributed by atoms with Crippen molar-refractivity contribution in [3.63, 3.8) is 0 Å². The largest absolute Gasteiger partial charge is 0.0851 e. The van der Waals surface area contributed by atoms with Gasteiger partial charge in [0.1, 0.15) is 0 Å². The summed E-state index contributed by atoms with van der Waals surface area (Å²) in [6.07, 6.45) is 23.0. The SMILES string of the molecule is CC1=C(C)C(C)(C)C([P+](C2CCCCC2)(C2CCCCC2)C2CCCCC2)=C1C. The molecule has 0 aromatic carbocycles. The predicted molar refractivity (Wildman–Crippen MR) is 132 cm³/mol. The minimum absolute atomic E-state index is 0.314. The Morgan fingerprint density at radius 3 is 1.17 bits per heavy atom. The first-order valence-electron chi connectivity index (χ1n) is 13.2. The van der Waals surface area contributed by atoms with E-state index >= 15 is 0 Å². The summed E-state index contributed by atoms with van der Waals surface area (Å²) in [5, 5.41) is 2.06. The molecule has 0 radical (unpaired) electrons. The van der Waals surface area contributed by atoms with E-state index in [0.717, 1.165) is 17.0 Å². The molecule has 1 heteroatoms. The summed E-state index contributed by atoms with van der Waals surface area (Å²) in [6, 6.07) is 0. The molecule has 0 atom stereocenters. The Morgan fingerprint density at radius 2 is 0.897 bits per heavy atom. The summed E-state index contributed by atoms with van der Waals surface area (Å²) in [6.45, 7) is 12.7. The lowest BCUT2D eigenvalue weighted by Gasteiger charge is -2.52. The van der Waals surface area contributed by atoms with Gasteiger partial charge in [-0.1, -0.05) is 24.8 Å². The van der Waals surface area contributed by atoms with Gasteiger partial charge >= 0.3 is 0 Å². The van der Waals surface area contributed by atoms with Crippen LogP contribution in [0.5, 0.6) is 0 Å². The summed E-state index contributed by atoms with van der Waals surface area (Å²) in [5.74, 6) is 0. The van der Waals surface area contributed by atoms with Gasteiger partial charge in [-0.15, -0.1) is 0 Å². The first-order valence-corrected chi connectivity index (χ1v) is 15.2. The van der Waals surface area contributed by atoms with Crippen molar-refractivity contribution < 1.29 is 0 Å². The highest BCUT2D eigenvalue weighted by Crippen LogP contribution is 2.86. The zero-order valence-electron chi connectivity index (χ0n) is 20.3. The van der Waals surface area contributed by atoms with Crippen LogP contribution < -0.4 is 0 Å². The van der Waals surface area contributed by atoms with Gasteiger partial charge in [0.05, 0.1) is 29.6 Å². The molecule has 0 saturated heterocycles. The van der Waals surface area contributed by atoms with E-state index < -0.39 is 7.26 Å². The van der Waals surface area contributed by atoms with E-state index in [1.807, 2.05) is 0 Å². The van der Waals surface area contributed by atoms with Gasteiger partial charge in [0.2, 0.25) is 0 Å². The molecular weight excluding hydrogens is 367 g/mol. The van der Waals surface area contributed by atoms with Crippen molar-refractivity contribution in [1.29, 1.82) is 0 Å². The van der Waals surface area contributed by atoms with Crippen molar-refractivity contribution in [2.75, 3.05) is 0 Å². The molecule has 3 saturated carbocycles. The second-order valence-corrected chi connectivity index (χ2v) is 15.9. The maximum atomic E-state index is 2.63. The van der Waals surface area contributed by atoms with E-state index in [1.54, 1.807) is 55.2 Å². The lowest BCUT2D eigenvalue weighted by Crippen LogP contribution is -2.39. The molecule has 0 amide bonds.